The number of ketones is 1. The number of aliphatic hydroxyl groups is 1. The molecule has 0 spiro atoms. The summed E-state index contributed by atoms with van der Waals surface area (Å²) in [5, 5.41) is 19.9. The molecule has 1 aromatic carbocycles. The molecule has 0 aliphatic heterocycles. The predicted octanol–water partition coefficient (Wildman–Crippen LogP) is 5.67. The Kier molecular flexibility index (Phi) is 5.65. The van der Waals surface area contributed by atoms with E-state index in [4.69, 9.17) is 11.6 Å². The van der Waals surface area contributed by atoms with Crippen molar-refractivity contribution in [2.24, 2.45) is 35.0 Å². The van der Waals surface area contributed by atoms with Crippen molar-refractivity contribution in [1.82, 2.24) is 15.0 Å². The van der Waals surface area contributed by atoms with Crippen LogP contribution in [0.2, 0.25) is 5.02 Å². The van der Waals surface area contributed by atoms with Gasteiger partial charge in [-0.1, -0.05) is 24.9 Å². The second-order valence-corrected chi connectivity index (χ2v) is 12.2. The maximum absolute atomic E-state index is 13.4. The van der Waals surface area contributed by atoms with Crippen LogP contribution in [-0.2, 0) is 11.3 Å². The first kappa shape index (κ1) is 22.3. The highest BCUT2D eigenvalue weighted by molar-refractivity contribution is 6.31. The second kappa shape index (κ2) is 8.09. The summed E-state index contributed by atoms with van der Waals surface area (Å²) in [7, 11) is 0. The molecule has 3 fully saturated rings. The number of halogens is 1. The summed E-state index contributed by atoms with van der Waals surface area (Å²) in [4.78, 5) is 15.0. The maximum atomic E-state index is 13.4. The number of Topliss-reactive ketones (excluding diaryl/α,β-unsaturated/α-hetero) is 1. The largest absolute Gasteiger partial charge is 0.390 e. The summed E-state index contributed by atoms with van der Waals surface area (Å²) >= 11 is 6.07. The molecule has 5 rings (SSSR count). The van der Waals surface area contributed by atoms with Crippen molar-refractivity contribution < 1.29 is 9.90 Å². The molecule has 1 unspecified atom stereocenters. The molecular weight excluding hydrogens is 422 g/mol. The summed E-state index contributed by atoms with van der Waals surface area (Å²) in [6.45, 7) is 6.52. The molecule has 174 valence electrons. The van der Waals surface area contributed by atoms with Gasteiger partial charge in [-0.15, -0.1) is 0 Å². The minimum Gasteiger partial charge on any atom is -0.390 e. The zero-order valence-corrected chi connectivity index (χ0v) is 20.3. The summed E-state index contributed by atoms with van der Waals surface area (Å²) in [5.41, 5.74) is 1.06. The fraction of sp³-hybridized carbons (Fsp3) is 0.731. The Hall–Kier alpha value is -1.46. The lowest BCUT2D eigenvalue weighted by Crippen LogP contribution is -2.46. The summed E-state index contributed by atoms with van der Waals surface area (Å²) in [6.07, 6.45) is 9.21. The summed E-state index contributed by atoms with van der Waals surface area (Å²) < 4.78 is 0. The van der Waals surface area contributed by atoms with E-state index in [1.54, 1.807) is 10.9 Å². The first-order valence-electron chi connectivity index (χ1n) is 12.4. The fourth-order valence-electron chi connectivity index (χ4n) is 7.74. The standard InChI is InChI=1S/C26H36ClN3O2/c1-25(2,32)14-16-4-6-19-17(12-16)10-11-26(3)20(19)7-8-21(26)24(31)15-30-28-22-9-5-18(27)13-23(22)29-30/h5,9,13,16-17,19-21,32H,4,6-8,10-12,14-15H2,1-3H3/t16-,17+,19+,20-,21+,26?/m0/s1. The van der Waals surface area contributed by atoms with Gasteiger partial charge in [0.05, 0.1) is 5.60 Å². The van der Waals surface area contributed by atoms with Crippen LogP contribution in [0.4, 0.5) is 0 Å². The molecule has 3 aliphatic carbocycles. The van der Waals surface area contributed by atoms with E-state index < -0.39 is 5.60 Å². The Labute approximate surface area is 195 Å². The minimum atomic E-state index is -0.567. The van der Waals surface area contributed by atoms with Gasteiger partial charge < -0.3 is 5.11 Å². The van der Waals surface area contributed by atoms with Crippen molar-refractivity contribution in [3.63, 3.8) is 0 Å². The number of carbonyl (C=O) groups excluding carboxylic acids is 1. The molecular formula is C26H36ClN3O2. The van der Waals surface area contributed by atoms with E-state index in [0.717, 1.165) is 42.1 Å². The Morgan fingerprint density at radius 3 is 2.75 bits per heavy atom. The number of benzene rings is 1. The maximum Gasteiger partial charge on any atom is 0.159 e. The van der Waals surface area contributed by atoms with Crippen molar-refractivity contribution in [2.45, 2.75) is 84.3 Å². The van der Waals surface area contributed by atoms with E-state index in [1.807, 2.05) is 26.0 Å². The van der Waals surface area contributed by atoms with E-state index in [-0.39, 0.29) is 23.7 Å². The number of nitrogens with zero attached hydrogens (tertiary/aromatic N) is 3. The van der Waals surface area contributed by atoms with E-state index in [2.05, 4.69) is 17.1 Å². The van der Waals surface area contributed by atoms with Crippen LogP contribution in [0.25, 0.3) is 11.0 Å². The molecule has 5 nitrogen and oxygen atoms in total. The normalized spacial score (nSPS) is 35.0. The first-order valence-corrected chi connectivity index (χ1v) is 12.8. The Balaban J connectivity index is 1.27. The van der Waals surface area contributed by atoms with Gasteiger partial charge in [0.1, 0.15) is 17.6 Å². The van der Waals surface area contributed by atoms with Crippen LogP contribution in [0.5, 0.6) is 0 Å². The number of hydrogen-bond donors (Lipinski definition) is 1. The van der Waals surface area contributed by atoms with Crippen molar-refractivity contribution in [3.05, 3.63) is 23.2 Å². The minimum absolute atomic E-state index is 0.108. The van der Waals surface area contributed by atoms with Crippen LogP contribution in [0, 0.1) is 35.0 Å². The summed E-state index contributed by atoms with van der Waals surface area (Å²) in [6, 6.07) is 5.46. The molecule has 0 saturated heterocycles. The number of carbonyl (C=O) groups is 1. The van der Waals surface area contributed by atoms with Gasteiger partial charge in [-0.2, -0.15) is 15.0 Å². The average Bonchev–Trinajstić information content (AvgIpc) is 3.26. The van der Waals surface area contributed by atoms with Gasteiger partial charge in [-0.25, -0.2) is 0 Å². The van der Waals surface area contributed by atoms with Gasteiger partial charge in [0.25, 0.3) is 0 Å². The first-order chi connectivity index (χ1) is 15.1. The van der Waals surface area contributed by atoms with Crippen molar-refractivity contribution in [3.8, 4) is 0 Å². The van der Waals surface area contributed by atoms with Crippen LogP contribution in [0.15, 0.2) is 18.2 Å². The Bertz CT molecular complexity index is 1010. The van der Waals surface area contributed by atoms with Gasteiger partial charge in [-0.3, -0.25) is 4.79 Å². The average molecular weight is 458 g/mol. The molecule has 0 bridgehead atoms. The zero-order valence-electron chi connectivity index (χ0n) is 19.6. The van der Waals surface area contributed by atoms with E-state index in [1.165, 1.54) is 32.1 Å². The molecule has 3 aliphatic rings. The van der Waals surface area contributed by atoms with Gasteiger partial charge in [0.2, 0.25) is 0 Å². The van der Waals surface area contributed by atoms with E-state index in [0.29, 0.717) is 16.9 Å². The molecule has 32 heavy (non-hydrogen) atoms. The van der Waals surface area contributed by atoms with Gasteiger partial charge in [-0.05, 0) is 106 Å². The third-order valence-electron chi connectivity index (χ3n) is 8.99. The third-order valence-corrected chi connectivity index (χ3v) is 9.22. The smallest absolute Gasteiger partial charge is 0.159 e. The van der Waals surface area contributed by atoms with Crippen LogP contribution >= 0.6 is 11.6 Å². The van der Waals surface area contributed by atoms with Crippen LogP contribution in [0.1, 0.15) is 72.1 Å². The third kappa shape index (κ3) is 4.11. The zero-order chi connectivity index (χ0) is 22.7. The number of hydrogen-bond acceptors (Lipinski definition) is 4. The van der Waals surface area contributed by atoms with Crippen LogP contribution < -0.4 is 0 Å². The van der Waals surface area contributed by atoms with Gasteiger partial charge in [0.15, 0.2) is 5.78 Å². The molecule has 6 atom stereocenters. The highest BCUT2D eigenvalue weighted by Crippen LogP contribution is 2.62. The quantitative estimate of drug-likeness (QED) is 0.627. The SMILES string of the molecule is CC(C)(O)C[C@H]1CC[C@@H]2[C@H](CCC3(C)[C@@H](C(=O)Cn4nc5ccc(Cl)cc5n4)CC[C@@H]23)C1. The van der Waals surface area contributed by atoms with Gasteiger partial charge in [0, 0.05) is 10.9 Å². The molecule has 3 saturated carbocycles. The van der Waals surface area contributed by atoms with Crippen LogP contribution in [-0.4, -0.2) is 31.5 Å². The molecule has 2 aromatic rings. The van der Waals surface area contributed by atoms with Crippen molar-refractivity contribution in [2.75, 3.05) is 0 Å². The van der Waals surface area contributed by atoms with Crippen molar-refractivity contribution >= 4 is 28.4 Å². The lowest BCUT2D eigenvalue weighted by atomic mass is 9.53. The second-order valence-electron chi connectivity index (χ2n) is 11.7. The molecule has 1 N–H and O–H groups in total. The highest BCUT2D eigenvalue weighted by Gasteiger charge is 2.56. The van der Waals surface area contributed by atoms with E-state index >= 15 is 0 Å². The molecule has 6 heteroatoms. The lowest BCUT2D eigenvalue weighted by Gasteiger charge is -2.52. The molecule has 1 heterocycles. The fourth-order valence-corrected chi connectivity index (χ4v) is 7.91. The Morgan fingerprint density at radius 2 is 1.97 bits per heavy atom. The highest BCUT2D eigenvalue weighted by atomic mass is 35.5. The monoisotopic (exact) mass is 457 g/mol. The van der Waals surface area contributed by atoms with Crippen molar-refractivity contribution in [1.29, 1.82) is 0 Å². The van der Waals surface area contributed by atoms with Gasteiger partial charge >= 0.3 is 0 Å². The lowest BCUT2D eigenvalue weighted by molar-refractivity contribution is -0.130. The number of rotatable bonds is 5. The molecule has 0 radical (unpaired) electrons. The Morgan fingerprint density at radius 1 is 1.19 bits per heavy atom. The van der Waals surface area contributed by atoms with E-state index in [9.17, 15) is 9.90 Å². The number of fused-ring (bicyclic) bond motifs is 4. The summed E-state index contributed by atoms with van der Waals surface area (Å²) in [5.74, 6) is 3.22. The molecule has 1 aromatic heterocycles. The van der Waals surface area contributed by atoms with Crippen LogP contribution in [0.3, 0.4) is 0 Å². The topological polar surface area (TPSA) is 68.0 Å². The predicted molar refractivity (Wildman–Crippen MR) is 126 cm³/mol. The number of aromatic nitrogens is 3. The molecule has 0 amide bonds.